The highest BCUT2D eigenvalue weighted by Crippen LogP contribution is 2.21. The van der Waals surface area contributed by atoms with Crippen molar-refractivity contribution in [1.29, 1.82) is 0 Å². The molecule has 2 rings (SSSR count). The molecule has 0 bridgehead atoms. The first-order valence-corrected chi connectivity index (χ1v) is 8.69. The first-order valence-electron chi connectivity index (χ1n) is 7.30. The Morgan fingerprint density at radius 1 is 1.43 bits per heavy atom. The van der Waals surface area contributed by atoms with Crippen LogP contribution in [0.3, 0.4) is 0 Å². The monoisotopic (exact) mass is 305 g/mol. The van der Waals surface area contributed by atoms with Gasteiger partial charge in [-0.25, -0.2) is 0 Å². The zero-order valence-corrected chi connectivity index (χ0v) is 13.5. The van der Waals surface area contributed by atoms with Crippen LogP contribution in [-0.2, 0) is 11.3 Å². The van der Waals surface area contributed by atoms with Crippen LogP contribution in [0.5, 0.6) is 0 Å². The number of benzene rings is 1. The molecule has 4 nitrogen and oxygen atoms in total. The average Bonchev–Trinajstić information content (AvgIpc) is 2.87. The van der Waals surface area contributed by atoms with Gasteiger partial charge in [-0.1, -0.05) is 6.92 Å². The summed E-state index contributed by atoms with van der Waals surface area (Å²) in [6.07, 6.45) is 5.90. The van der Waals surface area contributed by atoms with Crippen LogP contribution in [0.2, 0.25) is 0 Å². The molecule has 3 N–H and O–H groups in total. The molecule has 0 spiro atoms. The molecule has 1 heterocycles. The van der Waals surface area contributed by atoms with E-state index in [1.165, 1.54) is 5.52 Å². The molecule has 5 heteroatoms. The van der Waals surface area contributed by atoms with Crippen molar-refractivity contribution in [2.75, 3.05) is 17.3 Å². The maximum absolute atomic E-state index is 12.0. The van der Waals surface area contributed by atoms with Crippen LogP contribution in [0.25, 0.3) is 10.9 Å². The number of nitrogens with two attached hydrogens (primary N) is 1. The molecule has 0 saturated carbocycles. The first-order chi connectivity index (χ1) is 10.2. The van der Waals surface area contributed by atoms with Crippen LogP contribution in [0, 0.1) is 0 Å². The van der Waals surface area contributed by atoms with E-state index < -0.39 is 6.04 Å². The summed E-state index contributed by atoms with van der Waals surface area (Å²) >= 11 is 1.70. The van der Waals surface area contributed by atoms with Crippen molar-refractivity contribution in [2.24, 2.45) is 5.73 Å². The Kier molecular flexibility index (Phi) is 5.70. The van der Waals surface area contributed by atoms with E-state index in [4.69, 9.17) is 5.73 Å². The van der Waals surface area contributed by atoms with Gasteiger partial charge in [-0.05, 0) is 49.1 Å². The summed E-state index contributed by atoms with van der Waals surface area (Å²) in [6, 6.07) is 7.62. The predicted molar refractivity (Wildman–Crippen MR) is 91.8 cm³/mol. The molecule has 0 aliphatic heterocycles. The van der Waals surface area contributed by atoms with E-state index in [9.17, 15) is 4.79 Å². The Bertz CT molecular complexity index is 609. The number of hydrogen-bond donors (Lipinski definition) is 2. The number of rotatable bonds is 7. The van der Waals surface area contributed by atoms with E-state index in [0.29, 0.717) is 6.42 Å². The van der Waals surface area contributed by atoms with E-state index >= 15 is 0 Å². The van der Waals surface area contributed by atoms with Gasteiger partial charge in [-0.15, -0.1) is 0 Å². The van der Waals surface area contributed by atoms with Gasteiger partial charge in [0.05, 0.1) is 6.04 Å². The predicted octanol–water partition coefficient (Wildman–Crippen LogP) is 3.07. The Hall–Kier alpha value is -1.46. The molecule has 0 radical (unpaired) electrons. The van der Waals surface area contributed by atoms with Gasteiger partial charge in [0.25, 0.3) is 0 Å². The standard InChI is InChI=1S/C16H23N3OS/c1-3-8-19-9-6-12-11-13(4-5-15(12)19)18-16(20)14(17)7-10-21-2/h4-6,9,11,14H,3,7-8,10,17H2,1-2H3,(H,18,20)/t14-/m0/s1. The highest BCUT2D eigenvalue weighted by atomic mass is 32.2. The fourth-order valence-electron chi connectivity index (χ4n) is 2.32. The van der Waals surface area contributed by atoms with Gasteiger partial charge in [0.1, 0.15) is 0 Å². The van der Waals surface area contributed by atoms with E-state index in [-0.39, 0.29) is 5.91 Å². The molecular weight excluding hydrogens is 282 g/mol. The first kappa shape index (κ1) is 15.9. The number of carbonyl (C=O) groups excluding carboxylic acids is 1. The summed E-state index contributed by atoms with van der Waals surface area (Å²) < 4.78 is 2.23. The van der Waals surface area contributed by atoms with E-state index in [0.717, 1.165) is 29.8 Å². The third-order valence-electron chi connectivity index (χ3n) is 3.47. The number of anilines is 1. The minimum absolute atomic E-state index is 0.114. The molecule has 0 aliphatic rings. The second-order valence-electron chi connectivity index (χ2n) is 5.16. The third-order valence-corrected chi connectivity index (χ3v) is 4.12. The van der Waals surface area contributed by atoms with Crippen LogP contribution >= 0.6 is 11.8 Å². The van der Waals surface area contributed by atoms with Gasteiger partial charge in [-0.3, -0.25) is 4.79 Å². The van der Waals surface area contributed by atoms with Gasteiger partial charge >= 0.3 is 0 Å². The summed E-state index contributed by atoms with van der Waals surface area (Å²) in [5.41, 5.74) is 7.88. The summed E-state index contributed by atoms with van der Waals surface area (Å²) in [6.45, 7) is 3.17. The number of fused-ring (bicyclic) bond motifs is 1. The van der Waals surface area contributed by atoms with Crippen LogP contribution in [0.1, 0.15) is 19.8 Å². The molecule has 0 fully saturated rings. The molecule has 0 aliphatic carbocycles. The van der Waals surface area contributed by atoms with Crippen molar-refractivity contribution >= 4 is 34.3 Å². The van der Waals surface area contributed by atoms with Gasteiger partial charge in [0.2, 0.25) is 5.91 Å². The molecule has 1 amide bonds. The second-order valence-corrected chi connectivity index (χ2v) is 6.15. The van der Waals surface area contributed by atoms with Gasteiger partial charge in [0.15, 0.2) is 0 Å². The van der Waals surface area contributed by atoms with Gasteiger partial charge < -0.3 is 15.6 Å². The summed E-state index contributed by atoms with van der Waals surface area (Å²) in [7, 11) is 0. The number of aromatic nitrogens is 1. The fraction of sp³-hybridized carbons (Fsp3) is 0.438. The topological polar surface area (TPSA) is 60.0 Å². The van der Waals surface area contributed by atoms with Crippen LogP contribution < -0.4 is 11.1 Å². The molecule has 1 aromatic heterocycles. The highest BCUT2D eigenvalue weighted by Gasteiger charge is 2.13. The van der Waals surface area contributed by atoms with Crippen molar-refractivity contribution in [3.8, 4) is 0 Å². The Labute approximate surface area is 130 Å². The molecule has 114 valence electrons. The third kappa shape index (κ3) is 4.02. The van der Waals surface area contributed by atoms with Crippen molar-refractivity contribution < 1.29 is 4.79 Å². The summed E-state index contributed by atoms with van der Waals surface area (Å²) in [5, 5.41) is 4.04. The number of aryl methyl sites for hydroxylation is 1. The smallest absolute Gasteiger partial charge is 0.241 e. The molecule has 1 aromatic carbocycles. The summed E-state index contributed by atoms with van der Waals surface area (Å²) in [4.78, 5) is 12.0. The van der Waals surface area contributed by atoms with E-state index in [1.807, 2.05) is 24.5 Å². The normalized spacial score (nSPS) is 12.5. The number of carbonyl (C=O) groups is 1. The van der Waals surface area contributed by atoms with Crippen molar-refractivity contribution in [2.45, 2.75) is 32.4 Å². The van der Waals surface area contributed by atoms with E-state index in [1.54, 1.807) is 11.8 Å². The average molecular weight is 305 g/mol. The maximum atomic E-state index is 12.0. The highest BCUT2D eigenvalue weighted by molar-refractivity contribution is 7.98. The number of thioether (sulfide) groups is 1. The molecule has 0 saturated heterocycles. The lowest BCUT2D eigenvalue weighted by Crippen LogP contribution is -2.36. The molecule has 21 heavy (non-hydrogen) atoms. The number of hydrogen-bond acceptors (Lipinski definition) is 3. The van der Waals surface area contributed by atoms with Gasteiger partial charge in [0, 0.05) is 29.3 Å². The lowest BCUT2D eigenvalue weighted by atomic mass is 10.2. The second kappa shape index (κ2) is 7.52. The Balaban J connectivity index is 2.07. The maximum Gasteiger partial charge on any atom is 0.241 e. The Morgan fingerprint density at radius 3 is 2.95 bits per heavy atom. The molecule has 2 aromatic rings. The molecular formula is C16H23N3OS. The lowest BCUT2D eigenvalue weighted by Gasteiger charge is -2.12. The SMILES string of the molecule is CCCn1ccc2cc(NC(=O)[C@@H](N)CCSC)ccc21. The lowest BCUT2D eigenvalue weighted by molar-refractivity contribution is -0.117. The van der Waals surface area contributed by atoms with Gasteiger partial charge in [-0.2, -0.15) is 11.8 Å². The number of nitrogens with zero attached hydrogens (tertiary/aromatic N) is 1. The van der Waals surface area contributed by atoms with Crippen molar-refractivity contribution in [1.82, 2.24) is 4.57 Å². The zero-order valence-electron chi connectivity index (χ0n) is 12.6. The van der Waals surface area contributed by atoms with Crippen molar-refractivity contribution in [3.05, 3.63) is 30.5 Å². The van der Waals surface area contributed by atoms with Crippen LogP contribution in [0.4, 0.5) is 5.69 Å². The molecule has 1 atom stereocenters. The van der Waals surface area contributed by atoms with Crippen LogP contribution in [0.15, 0.2) is 30.5 Å². The minimum atomic E-state index is -0.446. The Morgan fingerprint density at radius 2 is 2.24 bits per heavy atom. The fourth-order valence-corrected chi connectivity index (χ4v) is 2.81. The van der Waals surface area contributed by atoms with E-state index in [2.05, 4.69) is 29.1 Å². The molecule has 0 unspecified atom stereocenters. The largest absolute Gasteiger partial charge is 0.347 e. The number of amides is 1. The van der Waals surface area contributed by atoms with Crippen LogP contribution in [-0.4, -0.2) is 28.5 Å². The minimum Gasteiger partial charge on any atom is -0.347 e. The van der Waals surface area contributed by atoms with Crippen molar-refractivity contribution in [3.63, 3.8) is 0 Å². The summed E-state index contributed by atoms with van der Waals surface area (Å²) in [5.74, 6) is 0.782. The zero-order chi connectivity index (χ0) is 15.2. The quantitative estimate of drug-likeness (QED) is 0.826. The number of nitrogens with one attached hydrogen (secondary N) is 1.